The number of aromatic nitrogens is 2. The fourth-order valence-corrected chi connectivity index (χ4v) is 3.68. The van der Waals surface area contributed by atoms with Gasteiger partial charge >= 0.3 is 0 Å². The molecule has 0 saturated carbocycles. The van der Waals surface area contributed by atoms with Crippen molar-refractivity contribution in [2.45, 2.75) is 6.42 Å². The molecular weight excluding hydrogens is 368 g/mol. The Morgan fingerprint density at radius 3 is 2.72 bits per heavy atom. The molecule has 7 heteroatoms. The van der Waals surface area contributed by atoms with E-state index in [2.05, 4.69) is 22.5 Å². The molecule has 0 atom stereocenters. The Morgan fingerprint density at radius 1 is 1.17 bits per heavy atom. The maximum atomic E-state index is 12.6. The molecule has 2 aromatic carbocycles. The van der Waals surface area contributed by atoms with Crippen molar-refractivity contribution in [1.29, 1.82) is 0 Å². The van der Waals surface area contributed by atoms with Crippen LogP contribution < -0.4 is 10.1 Å². The van der Waals surface area contributed by atoms with Gasteiger partial charge in [0, 0.05) is 26.0 Å². The minimum atomic E-state index is -0.325. The average molecular weight is 390 g/mol. The van der Waals surface area contributed by atoms with E-state index in [9.17, 15) is 9.59 Å². The van der Waals surface area contributed by atoms with Gasteiger partial charge in [0.25, 0.3) is 5.91 Å². The van der Waals surface area contributed by atoms with E-state index in [0.717, 1.165) is 12.1 Å². The number of likely N-dealkylation sites (N-methyl/N-ethyl adjacent to an activating group) is 1. The number of anilines is 1. The lowest BCUT2D eigenvalue weighted by Crippen LogP contribution is -2.35. The number of nitrogens with zero attached hydrogens (tertiary/aromatic N) is 3. The van der Waals surface area contributed by atoms with Gasteiger partial charge in [-0.25, -0.2) is 0 Å². The molecule has 0 unspecified atom stereocenters. The summed E-state index contributed by atoms with van der Waals surface area (Å²) in [4.78, 5) is 26.4. The number of ether oxygens (including phenoxy) is 1. The van der Waals surface area contributed by atoms with E-state index in [4.69, 9.17) is 4.74 Å². The number of hydrogen-bond acceptors (Lipinski definition) is 4. The number of methoxy groups -OCH3 is 1. The summed E-state index contributed by atoms with van der Waals surface area (Å²) in [6, 6.07) is 14.2. The van der Waals surface area contributed by atoms with E-state index in [1.54, 1.807) is 20.3 Å². The van der Waals surface area contributed by atoms with Crippen LogP contribution in [0.25, 0.3) is 11.1 Å². The van der Waals surface area contributed by atoms with Gasteiger partial charge in [0.1, 0.15) is 5.56 Å². The van der Waals surface area contributed by atoms with Crippen LogP contribution in [-0.2, 0) is 18.3 Å². The van der Waals surface area contributed by atoms with Crippen molar-refractivity contribution in [2.24, 2.45) is 7.05 Å². The largest absolute Gasteiger partial charge is 0.479 e. The van der Waals surface area contributed by atoms with Crippen LogP contribution in [0.5, 0.6) is 5.88 Å². The van der Waals surface area contributed by atoms with Crippen molar-refractivity contribution in [3.05, 3.63) is 65.4 Å². The fourth-order valence-electron chi connectivity index (χ4n) is 3.68. The van der Waals surface area contributed by atoms with E-state index < -0.39 is 0 Å². The lowest BCUT2D eigenvalue weighted by molar-refractivity contribution is -0.116. The van der Waals surface area contributed by atoms with Crippen LogP contribution in [0.2, 0.25) is 0 Å². The summed E-state index contributed by atoms with van der Waals surface area (Å²) in [6.45, 7) is -0.0752. The molecule has 0 aliphatic heterocycles. The topological polar surface area (TPSA) is 76.5 Å². The molecule has 7 nitrogen and oxygen atoms in total. The third-order valence-corrected chi connectivity index (χ3v) is 5.02. The van der Waals surface area contributed by atoms with Gasteiger partial charge in [-0.15, -0.1) is 5.10 Å². The van der Waals surface area contributed by atoms with Crippen LogP contribution in [0.15, 0.2) is 48.7 Å². The van der Waals surface area contributed by atoms with Crippen LogP contribution in [0.4, 0.5) is 5.69 Å². The van der Waals surface area contributed by atoms with Gasteiger partial charge < -0.3 is 15.0 Å². The number of nitrogens with one attached hydrogen (secondary N) is 1. The van der Waals surface area contributed by atoms with Crippen molar-refractivity contribution in [3.8, 4) is 17.0 Å². The lowest BCUT2D eigenvalue weighted by atomic mass is 10.1. The van der Waals surface area contributed by atoms with Crippen LogP contribution in [0, 0.1) is 0 Å². The monoisotopic (exact) mass is 390 g/mol. The van der Waals surface area contributed by atoms with Gasteiger partial charge in [-0.3, -0.25) is 14.3 Å². The van der Waals surface area contributed by atoms with Gasteiger partial charge in [-0.05, 0) is 40.8 Å². The van der Waals surface area contributed by atoms with Crippen molar-refractivity contribution < 1.29 is 14.3 Å². The zero-order chi connectivity index (χ0) is 20.5. The Bertz CT molecular complexity index is 1100. The highest BCUT2D eigenvalue weighted by Gasteiger charge is 2.22. The number of benzene rings is 2. The average Bonchev–Trinajstić information content (AvgIpc) is 3.26. The smallest absolute Gasteiger partial charge is 0.261 e. The third kappa shape index (κ3) is 3.59. The van der Waals surface area contributed by atoms with Crippen molar-refractivity contribution in [3.63, 3.8) is 0 Å². The molecule has 1 aliphatic carbocycles. The maximum Gasteiger partial charge on any atom is 0.261 e. The fraction of sp³-hybridized carbons (Fsp3) is 0.227. The van der Waals surface area contributed by atoms with Crippen molar-refractivity contribution >= 4 is 17.5 Å². The van der Waals surface area contributed by atoms with Crippen molar-refractivity contribution in [1.82, 2.24) is 14.7 Å². The predicted octanol–water partition coefficient (Wildman–Crippen LogP) is 2.71. The predicted molar refractivity (Wildman–Crippen MR) is 110 cm³/mol. The molecule has 0 radical (unpaired) electrons. The van der Waals surface area contributed by atoms with E-state index in [0.29, 0.717) is 5.56 Å². The Balaban J connectivity index is 1.42. The molecule has 4 rings (SSSR count). The molecule has 29 heavy (non-hydrogen) atoms. The summed E-state index contributed by atoms with van der Waals surface area (Å²) >= 11 is 0. The second-order valence-corrected chi connectivity index (χ2v) is 7.14. The van der Waals surface area contributed by atoms with Gasteiger partial charge in [-0.2, -0.15) is 0 Å². The lowest BCUT2D eigenvalue weighted by Gasteiger charge is -2.16. The summed E-state index contributed by atoms with van der Waals surface area (Å²) in [5.74, 6) is -0.350. The first-order valence-corrected chi connectivity index (χ1v) is 9.30. The van der Waals surface area contributed by atoms with E-state index >= 15 is 0 Å². The number of fused-ring (bicyclic) bond motifs is 3. The summed E-state index contributed by atoms with van der Waals surface area (Å²) in [5, 5.41) is 6.96. The van der Waals surface area contributed by atoms with E-state index in [1.165, 1.54) is 38.9 Å². The highest BCUT2D eigenvalue weighted by Crippen LogP contribution is 2.37. The van der Waals surface area contributed by atoms with E-state index in [-0.39, 0.29) is 24.2 Å². The zero-order valence-electron chi connectivity index (χ0n) is 16.6. The molecule has 1 aromatic heterocycles. The second-order valence-electron chi connectivity index (χ2n) is 7.14. The minimum absolute atomic E-state index is 0.0752. The van der Waals surface area contributed by atoms with Crippen LogP contribution in [0.3, 0.4) is 0 Å². The zero-order valence-corrected chi connectivity index (χ0v) is 16.6. The van der Waals surface area contributed by atoms with Gasteiger partial charge in [-0.1, -0.05) is 30.3 Å². The molecule has 1 N–H and O–H groups in total. The number of carbonyl (C=O) groups is 2. The highest BCUT2D eigenvalue weighted by molar-refractivity contribution is 6.00. The summed E-state index contributed by atoms with van der Waals surface area (Å²) < 4.78 is 6.63. The summed E-state index contributed by atoms with van der Waals surface area (Å²) in [5.41, 5.74) is 5.97. The van der Waals surface area contributed by atoms with Gasteiger partial charge in [0.15, 0.2) is 0 Å². The highest BCUT2D eigenvalue weighted by atomic mass is 16.5. The molecule has 1 heterocycles. The number of rotatable bonds is 5. The van der Waals surface area contributed by atoms with Gasteiger partial charge in [0.05, 0.1) is 13.7 Å². The van der Waals surface area contributed by atoms with E-state index in [1.807, 2.05) is 30.3 Å². The molecule has 1 aliphatic rings. The second kappa shape index (κ2) is 7.43. The SMILES string of the molecule is COc1nn(C)cc1C(=O)N(C)CC(=O)Nc1ccc2c(c1)Cc1ccccc1-2. The number of carbonyl (C=O) groups excluding carboxylic acids is 2. The molecule has 0 saturated heterocycles. The first-order chi connectivity index (χ1) is 14.0. The molecular formula is C22H22N4O3. The summed E-state index contributed by atoms with van der Waals surface area (Å²) in [6.07, 6.45) is 2.43. The first-order valence-electron chi connectivity index (χ1n) is 9.30. The molecule has 0 spiro atoms. The Morgan fingerprint density at radius 2 is 1.93 bits per heavy atom. The molecule has 0 bridgehead atoms. The summed E-state index contributed by atoms with van der Waals surface area (Å²) in [7, 11) is 4.74. The molecule has 3 aromatic rings. The number of hydrogen-bond donors (Lipinski definition) is 1. The number of amides is 2. The Labute approximate surface area is 168 Å². The Hall–Kier alpha value is -3.61. The maximum absolute atomic E-state index is 12.6. The standard InChI is InChI=1S/C22H22N4O3/c1-25(22(28)19-12-26(2)24-21(19)29-3)13-20(27)23-16-8-9-18-15(11-16)10-14-6-4-5-7-17(14)18/h4-9,11-12H,10,13H2,1-3H3,(H,23,27). The molecule has 148 valence electrons. The van der Waals surface area contributed by atoms with Gasteiger partial charge in [0.2, 0.25) is 11.8 Å². The molecule has 2 amide bonds. The third-order valence-electron chi connectivity index (χ3n) is 5.02. The van der Waals surface area contributed by atoms with Crippen molar-refractivity contribution in [2.75, 3.05) is 26.0 Å². The normalized spacial score (nSPS) is 11.6. The van der Waals surface area contributed by atoms with Crippen LogP contribution in [0.1, 0.15) is 21.5 Å². The number of aryl methyl sites for hydroxylation is 1. The van der Waals surface area contributed by atoms with Crippen LogP contribution >= 0.6 is 0 Å². The Kier molecular flexibility index (Phi) is 4.80. The molecule has 0 fully saturated rings. The van der Waals surface area contributed by atoms with Crippen LogP contribution in [-0.4, -0.2) is 47.2 Å². The first kappa shape index (κ1) is 18.7. The quantitative estimate of drug-likeness (QED) is 0.568. The minimum Gasteiger partial charge on any atom is -0.479 e.